The molecule has 7 nitrogen and oxygen atoms in total. The molecule has 1 N–H and O–H groups in total. The smallest absolute Gasteiger partial charge is 0.219 e. The van der Waals surface area contributed by atoms with Crippen LogP contribution in [-0.4, -0.2) is 75.2 Å². The minimum atomic E-state index is 0.139. The van der Waals surface area contributed by atoms with Gasteiger partial charge in [0.25, 0.3) is 0 Å². The Bertz CT molecular complexity index is 625. The highest BCUT2D eigenvalue weighted by Gasteiger charge is 2.20. The highest BCUT2D eigenvalue weighted by atomic mass is 16.5. The number of amides is 1. The number of ether oxygens (including phenoxy) is 2. The van der Waals surface area contributed by atoms with Gasteiger partial charge in [-0.15, -0.1) is 0 Å². The molecule has 0 atom stereocenters. The van der Waals surface area contributed by atoms with Crippen molar-refractivity contribution in [1.29, 1.82) is 0 Å². The van der Waals surface area contributed by atoms with Crippen molar-refractivity contribution in [1.82, 2.24) is 15.1 Å². The number of rotatable bonds is 6. The third-order valence-electron chi connectivity index (χ3n) is 4.47. The maximum absolute atomic E-state index is 11.5. The van der Waals surface area contributed by atoms with Crippen molar-refractivity contribution in [2.75, 3.05) is 53.5 Å². The summed E-state index contributed by atoms with van der Waals surface area (Å²) in [5.74, 6) is 2.52. The Morgan fingerprint density at radius 1 is 1.12 bits per heavy atom. The summed E-state index contributed by atoms with van der Waals surface area (Å²) in [4.78, 5) is 20.3. The lowest BCUT2D eigenvalue weighted by atomic mass is 10.1. The minimum Gasteiger partial charge on any atom is -0.493 e. The van der Waals surface area contributed by atoms with E-state index in [2.05, 4.69) is 17.1 Å². The Morgan fingerprint density at radius 3 is 2.35 bits per heavy atom. The molecule has 1 heterocycles. The zero-order valence-electron chi connectivity index (χ0n) is 16.2. The van der Waals surface area contributed by atoms with E-state index in [1.54, 1.807) is 21.1 Å². The molecule has 1 aliphatic rings. The van der Waals surface area contributed by atoms with Gasteiger partial charge in [-0.25, -0.2) is 0 Å². The molecule has 144 valence electrons. The molecule has 2 rings (SSSR count). The lowest BCUT2D eigenvalue weighted by Gasteiger charge is -2.36. The fourth-order valence-electron chi connectivity index (χ4n) is 2.99. The number of nitrogens with one attached hydrogen (secondary N) is 1. The summed E-state index contributed by atoms with van der Waals surface area (Å²) in [6.07, 6.45) is 0.822. The fourth-order valence-corrected chi connectivity index (χ4v) is 2.99. The van der Waals surface area contributed by atoms with E-state index in [-0.39, 0.29) is 5.91 Å². The maximum atomic E-state index is 11.5. The van der Waals surface area contributed by atoms with E-state index in [1.165, 1.54) is 0 Å². The molecule has 0 aliphatic carbocycles. The summed E-state index contributed by atoms with van der Waals surface area (Å²) in [5.41, 5.74) is 1.16. The number of carbonyl (C=O) groups excluding carboxylic acids is 1. The van der Waals surface area contributed by atoms with Gasteiger partial charge in [0.1, 0.15) is 0 Å². The molecule has 26 heavy (non-hydrogen) atoms. The quantitative estimate of drug-likeness (QED) is 0.612. The van der Waals surface area contributed by atoms with E-state index in [9.17, 15) is 4.79 Å². The first-order valence-electron chi connectivity index (χ1n) is 9.08. The Morgan fingerprint density at radius 2 is 1.77 bits per heavy atom. The molecule has 0 unspecified atom stereocenters. The monoisotopic (exact) mass is 362 g/mol. The molecular weight excluding hydrogens is 332 g/mol. The van der Waals surface area contributed by atoms with Crippen molar-refractivity contribution in [2.24, 2.45) is 4.99 Å². The van der Waals surface area contributed by atoms with Crippen molar-refractivity contribution in [2.45, 2.75) is 20.3 Å². The van der Waals surface area contributed by atoms with Gasteiger partial charge in [0.15, 0.2) is 17.5 Å². The van der Waals surface area contributed by atoms with Crippen LogP contribution in [0.15, 0.2) is 23.2 Å². The van der Waals surface area contributed by atoms with Gasteiger partial charge in [0.2, 0.25) is 5.91 Å². The normalized spacial score (nSPS) is 15.0. The van der Waals surface area contributed by atoms with Gasteiger partial charge in [0, 0.05) is 46.2 Å². The zero-order chi connectivity index (χ0) is 18.9. The van der Waals surface area contributed by atoms with Crippen molar-refractivity contribution in [3.63, 3.8) is 0 Å². The van der Waals surface area contributed by atoms with E-state index < -0.39 is 0 Å². The third kappa shape index (κ3) is 5.28. The van der Waals surface area contributed by atoms with Gasteiger partial charge in [0.05, 0.1) is 14.2 Å². The number of piperazine rings is 1. The summed E-state index contributed by atoms with van der Waals surface area (Å²) < 4.78 is 10.6. The Hall–Kier alpha value is -2.44. The molecule has 1 amide bonds. The second-order valence-corrected chi connectivity index (χ2v) is 6.17. The topological polar surface area (TPSA) is 66.4 Å². The Labute approximate surface area is 156 Å². The fraction of sp³-hybridized carbons (Fsp3) is 0.579. The number of hydrogen-bond acceptors (Lipinski definition) is 4. The predicted octanol–water partition coefficient (Wildman–Crippen LogP) is 1.38. The van der Waals surface area contributed by atoms with E-state index in [1.807, 2.05) is 23.1 Å². The number of benzene rings is 1. The number of carbonyl (C=O) groups is 1. The van der Waals surface area contributed by atoms with E-state index in [4.69, 9.17) is 14.5 Å². The molecule has 1 aliphatic heterocycles. The second kappa shape index (κ2) is 9.89. The van der Waals surface area contributed by atoms with Crippen molar-refractivity contribution < 1.29 is 14.3 Å². The number of guanidine groups is 1. The first-order valence-corrected chi connectivity index (χ1v) is 9.08. The molecule has 0 radical (unpaired) electrons. The van der Waals surface area contributed by atoms with Crippen molar-refractivity contribution in [3.05, 3.63) is 23.8 Å². The van der Waals surface area contributed by atoms with Crippen LogP contribution in [-0.2, 0) is 11.2 Å². The predicted molar refractivity (Wildman–Crippen MR) is 103 cm³/mol. The van der Waals surface area contributed by atoms with Gasteiger partial charge in [-0.3, -0.25) is 9.79 Å². The van der Waals surface area contributed by atoms with Crippen LogP contribution in [0.5, 0.6) is 11.5 Å². The molecule has 0 spiro atoms. The van der Waals surface area contributed by atoms with Crippen LogP contribution in [0.1, 0.15) is 19.4 Å². The van der Waals surface area contributed by atoms with Crippen LogP contribution in [0.3, 0.4) is 0 Å². The summed E-state index contributed by atoms with van der Waals surface area (Å²) in [6.45, 7) is 8.30. The minimum absolute atomic E-state index is 0.139. The van der Waals surface area contributed by atoms with E-state index >= 15 is 0 Å². The SMILES string of the molecule is CCNC(=NCCc1ccc(OC)c(OC)c1)N1CCN(C(C)=O)CC1. The first kappa shape index (κ1) is 19.9. The molecule has 1 fully saturated rings. The van der Waals surface area contributed by atoms with Crippen LogP contribution < -0.4 is 14.8 Å². The lowest BCUT2D eigenvalue weighted by molar-refractivity contribution is -0.130. The van der Waals surface area contributed by atoms with Gasteiger partial charge >= 0.3 is 0 Å². The highest BCUT2D eigenvalue weighted by Crippen LogP contribution is 2.27. The van der Waals surface area contributed by atoms with Crippen LogP contribution >= 0.6 is 0 Å². The number of nitrogens with zero attached hydrogens (tertiary/aromatic N) is 3. The van der Waals surface area contributed by atoms with E-state index in [0.29, 0.717) is 6.54 Å². The van der Waals surface area contributed by atoms with Gasteiger partial charge < -0.3 is 24.6 Å². The average Bonchev–Trinajstić information content (AvgIpc) is 2.67. The summed E-state index contributed by atoms with van der Waals surface area (Å²) >= 11 is 0. The Kier molecular flexibility index (Phi) is 7.56. The third-order valence-corrected chi connectivity index (χ3v) is 4.47. The van der Waals surface area contributed by atoms with Crippen LogP contribution in [0.25, 0.3) is 0 Å². The molecule has 1 saturated heterocycles. The second-order valence-electron chi connectivity index (χ2n) is 6.17. The number of methoxy groups -OCH3 is 2. The first-order chi connectivity index (χ1) is 12.6. The molecule has 0 saturated carbocycles. The van der Waals surface area contributed by atoms with Crippen LogP contribution in [0, 0.1) is 0 Å². The summed E-state index contributed by atoms with van der Waals surface area (Å²) in [7, 11) is 3.28. The Balaban J connectivity index is 1.96. The van der Waals surface area contributed by atoms with Crippen LogP contribution in [0.2, 0.25) is 0 Å². The molecular formula is C19H30N4O3. The summed E-state index contributed by atoms with van der Waals surface area (Å²) in [5, 5.41) is 3.35. The highest BCUT2D eigenvalue weighted by molar-refractivity contribution is 5.80. The van der Waals surface area contributed by atoms with Gasteiger partial charge in [-0.1, -0.05) is 6.07 Å². The molecule has 1 aromatic carbocycles. The maximum Gasteiger partial charge on any atom is 0.219 e. The number of hydrogen-bond donors (Lipinski definition) is 1. The van der Waals surface area contributed by atoms with Gasteiger partial charge in [-0.2, -0.15) is 0 Å². The van der Waals surface area contributed by atoms with E-state index in [0.717, 1.165) is 62.2 Å². The lowest BCUT2D eigenvalue weighted by Crippen LogP contribution is -2.53. The summed E-state index contributed by atoms with van der Waals surface area (Å²) in [6, 6.07) is 5.95. The largest absolute Gasteiger partial charge is 0.493 e. The molecule has 0 aromatic heterocycles. The van der Waals surface area contributed by atoms with Crippen molar-refractivity contribution in [3.8, 4) is 11.5 Å². The zero-order valence-corrected chi connectivity index (χ0v) is 16.2. The molecule has 0 bridgehead atoms. The van der Waals surface area contributed by atoms with Crippen molar-refractivity contribution >= 4 is 11.9 Å². The average molecular weight is 362 g/mol. The molecule has 1 aromatic rings. The van der Waals surface area contributed by atoms with Crippen LogP contribution in [0.4, 0.5) is 0 Å². The van der Waals surface area contributed by atoms with Gasteiger partial charge in [-0.05, 0) is 31.0 Å². The standard InChI is InChI=1S/C19H30N4O3/c1-5-20-19(23-12-10-22(11-13-23)15(2)24)21-9-8-16-6-7-17(25-3)18(14-16)26-4/h6-7,14H,5,8-13H2,1-4H3,(H,20,21). The molecule has 7 heteroatoms. The number of aliphatic imine (C=N–C) groups is 1.